The number of H-pyrrole nitrogens is 1. The predicted molar refractivity (Wildman–Crippen MR) is 42.6 cm³/mol. The molecule has 0 aliphatic rings. The van der Waals surface area contributed by atoms with Crippen LogP contribution < -0.4 is 11.5 Å². The van der Waals surface area contributed by atoms with Gasteiger partial charge in [0.2, 0.25) is 0 Å². The van der Waals surface area contributed by atoms with Crippen molar-refractivity contribution in [1.29, 1.82) is 0 Å². The highest BCUT2D eigenvalue weighted by Crippen LogP contribution is 2.10. The lowest BCUT2D eigenvalue weighted by Gasteiger charge is -1.93. The first-order chi connectivity index (χ1) is 5.54. The van der Waals surface area contributed by atoms with Crippen LogP contribution in [0.1, 0.15) is 26.4 Å². The number of primary amides is 2. The summed E-state index contributed by atoms with van der Waals surface area (Å²) in [5.41, 5.74) is 11.0. The number of rotatable bonds is 2. The maximum atomic E-state index is 10.7. The standard InChI is InChI=1S/C7H9N3O2/c1-3-4(6(8)11)2-10-5(3)7(9)12/h2,10H,1H3,(H2,8,11)(H2,9,12). The van der Waals surface area contributed by atoms with Crippen LogP contribution in [0, 0.1) is 6.92 Å². The molecule has 5 N–H and O–H groups in total. The molecule has 5 nitrogen and oxygen atoms in total. The summed E-state index contributed by atoms with van der Waals surface area (Å²) in [5.74, 6) is -1.17. The second kappa shape index (κ2) is 2.69. The molecule has 1 rings (SSSR count). The Bertz CT molecular complexity index is 309. The Hall–Kier alpha value is -1.78. The minimum atomic E-state index is -0.597. The molecule has 1 aromatic heterocycles. The fraction of sp³-hybridized carbons (Fsp3) is 0.143. The summed E-state index contributed by atoms with van der Waals surface area (Å²) in [5, 5.41) is 0. The first-order valence-corrected chi connectivity index (χ1v) is 3.31. The van der Waals surface area contributed by atoms with Crippen molar-refractivity contribution in [2.75, 3.05) is 0 Å². The van der Waals surface area contributed by atoms with Crippen molar-refractivity contribution in [2.45, 2.75) is 6.92 Å². The molecule has 0 radical (unpaired) electrons. The zero-order valence-electron chi connectivity index (χ0n) is 6.55. The van der Waals surface area contributed by atoms with Crippen molar-refractivity contribution in [3.05, 3.63) is 23.0 Å². The average molecular weight is 167 g/mol. The lowest BCUT2D eigenvalue weighted by atomic mass is 10.1. The second-order valence-corrected chi connectivity index (χ2v) is 2.43. The van der Waals surface area contributed by atoms with Gasteiger partial charge in [-0.25, -0.2) is 0 Å². The maximum absolute atomic E-state index is 10.7. The molecular weight excluding hydrogens is 158 g/mol. The number of nitrogens with two attached hydrogens (primary N) is 2. The molecule has 64 valence electrons. The highest BCUT2D eigenvalue weighted by Gasteiger charge is 2.13. The van der Waals surface area contributed by atoms with Crippen LogP contribution in [0.25, 0.3) is 0 Å². The van der Waals surface area contributed by atoms with E-state index in [2.05, 4.69) is 4.98 Å². The molecule has 0 aliphatic carbocycles. The lowest BCUT2D eigenvalue weighted by molar-refractivity contribution is 0.0993. The molecule has 0 aromatic carbocycles. The predicted octanol–water partition coefficient (Wildman–Crippen LogP) is -0.479. The van der Waals surface area contributed by atoms with Gasteiger partial charge in [-0.15, -0.1) is 0 Å². The average Bonchev–Trinajstić information content (AvgIpc) is 2.30. The van der Waals surface area contributed by atoms with Gasteiger partial charge < -0.3 is 16.5 Å². The monoisotopic (exact) mass is 167 g/mol. The third-order valence-corrected chi connectivity index (χ3v) is 1.65. The van der Waals surface area contributed by atoms with Gasteiger partial charge in [-0.2, -0.15) is 0 Å². The Balaban J connectivity index is 3.22. The summed E-state index contributed by atoms with van der Waals surface area (Å²) in [6, 6.07) is 0. The molecule has 0 fully saturated rings. The molecule has 0 aliphatic heterocycles. The van der Waals surface area contributed by atoms with Crippen molar-refractivity contribution in [1.82, 2.24) is 4.98 Å². The smallest absolute Gasteiger partial charge is 0.265 e. The molecule has 12 heavy (non-hydrogen) atoms. The van der Waals surface area contributed by atoms with Gasteiger partial charge in [0.25, 0.3) is 11.8 Å². The van der Waals surface area contributed by atoms with Gasteiger partial charge in [0.05, 0.1) is 5.56 Å². The van der Waals surface area contributed by atoms with Crippen LogP contribution in [0.4, 0.5) is 0 Å². The van der Waals surface area contributed by atoms with Gasteiger partial charge >= 0.3 is 0 Å². The topological polar surface area (TPSA) is 102 Å². The van der Waals surface area contributed by atoms with Gasteiger partial charge in [0, 0.05) is 6.20 Å². The van der Waals surface area contributed by atoms with E-state index < -0.39 is 11.8 Å². The molecule has 0 bridgehead atoms. The van der Waals surface area contributed by atoms with Crippen molar-refractivity contribution >= 4 is 11.8 Å². The van der Waals surface area contributed by atoms with Crippen LogP contribution in [0.2, 0.25) is 0 Å². The molecule has 1 aromatic rings. The number of amides is 2. The van der Waals surface area contributed by atoms with E-state index in [4.69, 9.17) is 11.5 Å². The van der Waals surface area contributed by atoms with Crippen LogP contribution in [0.15, 0.2) is 6.20 Å². The molecular formula is C7H9N3O2. The van der Waals surface area contributed by atoms with Crippen LogP contribution in [-0.4, -0.2) is 16.8 Å². The minimum Gasteiger partial charge on any atom is -0.366 e. The van der Waals surface area contributed by atoms with E-state index >= 15 is 0 Å². The van der Waals surface area contributed by atoms with Crippen molar-refractivity contribution < 1.29 is 9.59 Å². The van der Waals surface area contributed by atoms with Crippen LogP contribution in [0.5, 0.6) is 0 Å². The van der Waals surface area contributed by atoms with Gasteiger partial charge in [0.15, 0.2) is 0 Å². The van der Waals surface area contributed by atoms with Crippen LogP contribution in [-0.2, 0) is 0 Å². The van der Waals surface area contributed by atoms with E-state index in [0.717, 1.165) is 0 Å². The summed E-state index contributed by atoms with van der Waals surface area (Å²) in [6.07, 6.45) is 1.37. The Morgan fingerprint density at radius 1 is 1.33 bits per heavy atom. The number of nitrogens with one attached hydrogen (secondary N) is 1. The fourth-order valence-electron chi connectivity index (χ4n) is 1.01. The number of aromatic amines is 1. The Labute approximate surface area is 68.7 Å². The number of hydrogen-bond acceptors (Lipinski definition) is 2. The highest BCUT2D eigenvalue weighted by atomic mass is 16.1. The number of carbonyl (C=O) groups excluding carboxylic acids is 2. The summed E-state index contributed by atoms with van der Waals surface area (Å²) in [7, 11) is 0. The second-order valence-electron chi connectivity index (χ2n) is 2.43. The SMILES string of the molecule is Cc1c(C(N)=O)c[nH]c1C(N)=O. The summed E-state index contributed by atoms with van der Waals surface area (Å²) >= 11 is 0. The van der Waals surface area contributed by atoms with Crippen LogP contribution in [0.3, 0.4) is 0 Å². The van der Waals surface area contributed by atoms with Gasteiger partial charge in [0.1, 0.15) is 5.69 Å². The summed E-state index contributed by atoms with van der Waals surface area (Å²) in [6.45, 7) is 1.61. The lowest BCUT2D eigenvalue weighted by Crippen LogP contribution is -2.15. The summed E-state index contributed by atoms with van der Waals surface area (Å²) < 4.78 is 0. The number of hydrogen-bond donors (Lipinski definition) is 3. The van der Waals surface area contributed by atoms with Crippen LogP contribution >= 0.6 is 0 Å². The minimum absolute atomic E-state index is 0.226. The Morgan fingerprint density at radius 3 is 2.17 bits per heavy atom. The van der Waals surface area contributed by atoms with E-state index in [-0.39, 0.29) is 5.69 Å². The number of carbonyl (C=O) groups is 2. The molecule has 2 amide bonds. The Morgan fingerprint density at radius 2 is 1.92 bits per heavy atom. The van der Waals surface area contributed by atoms with E-state index in [1.165, 1.54) is 6.20 Å². The van der Waals surface area contributed by atoms with Gasteiger partial charge in [-0.3, -0.25) is 9.59 Å². The van der Waals surface area contributed by atoms with Crippen molar-refractivity contribution in [3.63, 3.8) is 0 Å². The first-order valence-electron chi connectivity index (χ1n) is 3.31. The zero-order valence-corrected chi connectivity index (χ0v) is 6.55. The normalized spacial score (nSPS) is 9.75. The maximum Gasteiger partial charge on any atom is 0.265 e. The molecule has 5 heteroatoms. The zero-order chi connectivity index (χ0) is 9.30. The summed E-state index contributed by atoms with van der Waals surface area (Å²) in [4.78, 5) is 24.0. The third kappa shape index (κ3) is 1.16. The van der Waals surface area contributed by atoms with Crippen molar-refractivity contribution in [2.24, 2.45) is 11.5 Å². The van der Waals surface area contributed by atoms with E-state index in [0.29, 0.717) is 11.1 Å². The van der Waals surface area contributed by atoms with Gasteiger partial charge in [-0.1, -0.05) is 0 Å². The molecule has 0 spiro atoms. The van der Waals surface area contributed by atoms with E-state index in [9.17, 15) is 9.59 Å². The fourth-order valence-corrected chi connectivity index (χ4v) is 1.01. The molecule has 0 saturated carbocycles. The van der Waals surface area contributed by atoms with E-state index in [1.807, 2.05) is 0 Å². The highest BCUT2D eigenvalue weighted by molar-refractivity contribution is 6.00. The number of aromatic nitrogens is 1. The van der Waals surface area contributed by atoms with E-state index in [1.54, 1.807) is 6.92 Å². The van der Waals surface area contributed by atoms with Crippen molar-refractivity contribution in [3.8, 4) is 0 Å². The largest absolute Gasteiger partial charge is 0.366 e. The first kappa shape index (κ1) is 8.32. The third-order valence-electron chi connectivity index (χ3n) is 1.65. The molecule has 1 heterocycles. The molecule has 0 saturated heterocycles. The molecule has 0 unspecified atom stereocenters. The quantitative estimate of drug-likeness (QED) is 0.554. The van der Waals surface area contributed by atoms with Gasteiger partial charge in [-0.05, 0) is 12.5 Å². The Kier molecular flexibility index (Phi) is 1.86. The molecule has 0 atom stereocenters.